The summed E-state index contributed by atoms with van der Waals surface area (Å²) in [5.74, 6) is 0. The molecule has 2 aromatic rings. The molecule has 0 atom stereocenters. The summed E-state index contributed by atoms with van der Waals surface area (Å²) >= 11 is 0. The summed E-state index contributed by atoms with van der Waals surface area (Å²) in [5.41, 5.74) is -0.505. The van der Waals surface area contributed by atoms with Gasteiger partial charge in [-0.2, -0.15) is 4.98 Å². The molecule has 1 fully saturated rings. The average molecular weight is 321 g/mol. The van der Waals surface area contributed by atoms with E-state index in [0.29, 0.717) is 31.7 Å². The molecular weight excluding hydrogens is 306 g/mol. The average Bonchev–Trinajstić information content (AvgIpc) is 2.91. The van der Waals surface area contributed by atoms with Crippen LogP contribution in [0.1, 0.15) is 12.5 Å². The number of H-pyrrole nitrogens is 1. The van der Waals surface area contributed by atoms with Gasteiger partial charge in [0.05, 0.1) is 13.1 Å². The number of aromatic amines is 1. The summed E-state index contributed by atoms with van der Waals surface area (Å²) < 4.78 is 15.1. The molecule has 23 heavy (non-hydrogen) atoms. The van der Waals surface area contributed by atoms with E-state index in [1.165, 1.54) is 11.0 Å². The van der Waals surface area contributed by atoms with Gasteiger partial charge >= 0.3 is 11.7 Å². The SMILES string of the molecule is CCc1cc(=O)oc2nc(OCCN3CCOC3=O)[nH]c(=O)c12. The van der Waals surface area contributed by atoms with Crippen LogP contribution in [0, 0.1) is 0 Å². The fourth-order valence-corrected chi connectivity index (χ4v) is 2.36. The summed E-state index contributed by atoms with van der Waals surface area (Å²) in [6, 6.07) is 1.21. The first-order chi connectivity index (χ1) is 11.1. The molecule has 2 aromatic heterocycles. The fourth-order valence-electron chi connectivity index (χ4n) is 2.36. The number of aromatic nitrogens is 2. The molecule has 1 amide bonds. The molecule has 0 saturated carbocycles. The fraction of sp³-hybridized carbons (Fsp3) is 0.429. The van der Waals surface area contributed by atoms with Crippen molar-refractivity contribution in [3.8, 4) is 6.01 Å². The van der Waals surface area contributed by atoms with Gasteiger partial charge in [0.15, 0.2) is 0 Å². The summed E-state index contributed by atoms with van der Waals surface area (Å²) in [4.78, 5) is 42.9. The maximum atomic E-state index is 12.1. The molecule has 1 aliphatic rings. The molecule has 1 N–H and O–H groups in total. The van der Waals surface area contributed by atoms with E-state index in [9.17, 15) is 14.4 Å². The normalized spacial score (nSPS) is 14.3. The Labute approximate surface area is 129 Å². The first kappa shape index (κ1) is 15.1. The predicted octanol–water partition coefficient (Wildman–Crippen LogP) is 0.270. The van der Waals surface area contributed by atoms with E-state index >= 15 is 0 Å². The highest BCUT2D eigenvalue weighted by Gasteiger charge is 2.21. The molecular formula is C14H15N3O6. The van der Waals surface area contributed by atoms with Crippen LogP contribution in [0.2, 0.25) is 0 Å². The third-order valence-electron chi connectivity index (χ3n) is 3.50. The van der Waals surface area contributed by atoms with Gasteiger partial charge in [-0.05, 0) is 12.0 Å². The van der Waals surface area contributed by atoms with Crippen LogP contribution in [-0.2, 0) is 11.2 Å². The number of rotatable bonds is 5. The van der Waals surface area contributed by atoms with Gasteiger partial charge in [0, 0.05) is 6.07 Å². The van der Waals surface area contributed by atoms with Gasteiger partial charge in [-0.3, -0.25) is 9.78 Å². The van der Waals surface area contributed by atoms with Gasteiger partial charge in [0.2, 0.25) is 5.71 Å². The van der Waals surface area contributed by atoms with Crippen molar-refractivity contribution < 1.29 is 18.7 Å². The Hall–Kier alpha value is -2.84. The van der Waals surface area contributed by atoms with Crippen LogP contribution in [0.3, 0.4) is 0 Å². The number of ether oxygens (including phenoxy) is 2. The molecule has 0 unspecified atom stereocenters. The van der Waals surface area contributed by atoms with E-state index < -0.39 is 17.3 Å². The van der Waals surface area contributed by atoms with E-state index in [1.54, 1.807) is 0 Å². The number of carbonyl (C=O) groups is 1. The third kappa shape index (κ3) is 3.03. The molecule has 1 saturated heterocycles. The predicted molar refractivity (Wildman–Crippen MR) is 78.7 cm³/mol. The first-order valence-electron chi connectivity index (χ1n) is 7.20. The Balaban J connectivity index is 1.81. The second-order valence-electron chi connectivity index (χ2n) is 4.95. The largest absolute Gasteiger partial charge is 0.463 e. The lowest BCUT2D eigenvalue weighted by molar-refractivity contribution is 0.152. The van der Waals surface area contributed by atoms with Gasteiger partial charge in [0.1, 0.15) is 18.6 Å². The topological polar surface area (TPSA) is 115 Å². The van der Waals surface area contributed by atoms with E-state index in [2.05, 4.69) is 9.97 Å². The molecule has 0 aromatic carbocycles. The Morgan fingerprint density at radius 3 is 2.91 bits per heavy atom. The van der Waals surface area contributed by atoms with E-state index in [4.69, 9.17) is 13.9 Å². The number of hydrogen-bond acceptors (Lipinski definition) is 7. The number of fused-ring (bicyclic) bond motifs is 1. The molecule has 0 radical (unpaired) electrons. The Bertz CT molecular complexity index is 856. The van der Waals surface area contributed by atoms with Crippen molar-refractivity contribution in [2.75, 3.05) is 26.3 Å². The van der Waals surface area contributed by atoms with Crippen molar-refractivity contribution in [2.45, 2.75) is 13.3 Å². The smallest absolute Gasteiger partial charge is 0.410 e. The lowest BCUT2D eigenvalue weighted by Crippen LogP contribution is -2.29. The molecule has 0 bridgehead atoms. The van der Waals surface area contributed by atoms with Crippen molar-refractivity contribution in [3.05, 3.63) is 32.4 Å². The van der Waals surface area contributed by atoms with Crippen LogP contribution in [0.25, 0.3) is 11.1 Å². The molecule has 3 rings (SSSR count). The van der Waals surface area contributed by atoms with Crippen molar-refractivity contribution in [1.82, 2.24) is 14.9 Å². The summed E-state index contributed by atoms with van der Waals surface area (Å²) in [7, 11) is 0. The lowest BCUT2D eigenvalue weighted by Gasteiger charge is -2.12. The van der Waals surface area contributed by atoms with Gasteiger partial charge in [-0.1, -0.05) is 6.92 Å². The zero-order valence-corrected chi connectivity index (χ0v) is 12.5. The number of hydrogen-bond donors (Lipinski definition) is 1. The highest BCUT2D eigenvalue weighted by Crippen LogP contribution is 2.13. The third-order valence-corrected chi connectivity index (χ3v) is 3.50. The van der Waals surface area contributed by atoms with Crippen LogP contribution in [0.15, 0.2) is 20.1 Å². The molecule has 9 nitrogen and oxygen atoms in total. The van der Waals surface area contributed by atoms with Crippen LogP contribution >= 0.6 is 0 Å². The van der Waals surface area contributed by atoms with Crippen molar-refractivity contribution in [3.63, 3.8) is 0 Å². The van der Waals surface area contributed by atoms with Gasteiger partial charge < -0.3 is 18.8 Å². The minimum absolute atomic E-state index is 0.0614. The second-order valence-corrected chi connectivity index (χ2v) is 4.95. The standard InChI is InChI=1S/C14H15N3O6/c1-2-8-7-9(18)23-12-10(8)11(19)15-13(16-12)21-5-3-17-4-6-22-14(17)20/h7H,2-6H2,1H3,(H,15,16,19). The zero-order chi connectivity index (χ0) is 16.4. The van der Waals surface area contributed by atoms with E-state index in [0.717, 1.165) is 0 Å². The Morgan fingerprint density at radius 1 is 1.39 bits per heavy atom. The van der Waals surface area contributed by atoms with Crippen molar-refractivity contribution in [2.24, 2.45) is 0 Å². The molecule has 3 heterocycles. The number of nitrogens with one attached hydrogen (secondary N) is 1. The minimum atomic E-state index is -0.571. The van der Waals surface area contributed by atoms with Gasteiger partial charge in [-0.15, -0.1) is 0 Å². The monoisotopic (exact) mass is 321 g/mol. The molecule has 1 aliphatic heterocycles. The zero-order valence-electron chi connectivity index (χ0n) is 12.5. The number of amides is 1. The molecule has 122 valence electrons. The van der Waals surface area contributed by atoms with E-state index in [-0.39, 0.29) is 23.7 Å². The highest BCUT2D eigenvalue weighted by atomic mass is 16.6. The first-order valence-corrected chi connectivity index (χ1v) is 7.20. The van der Waals surface area contributed by atoms with Crippen molar-refractivity contribution in [1.29, 1.82) is 0 Å². The van der Waals surface area contributed by atoms with Crippen molar-refractivity contribution >= 4 is 17.2 Å². The summed E-state index contributed by atoms with van der Waals surface area (Å²) in [6.07, 6.45) is 0.108. The minimum Gasteiger partial charge on any atom is -0.463 e. The van der Waals surface area contributed by atoms with Crippen LogP contribution < -0.4 is 15.9 Å². The lowest BCUT2D eigenvalue weighted by atomic mass is 10.1. The summed E-state index contributed by atoms with van der Waals surface area (Å²) in [5, 5.41) is 0.238. The van der Waals surface area contributed by atoms with Crippen LogP contribution in [0.4, 0.5) is 4.79 Å². The Morgan fingerprint density at radius 2 is 2.22 bits per heavy atom. The van der Waals surface area contributed by atoms with Gasteiger partial charge in [-0.25, -0.2) is 9.59 Å². The van der Waals surface area contributed by atoms with Crippen LogP contribution in [0.5, 0.6) is 6.01 Å². The maximum absolute atomic E-state index is 12.1. The number of carbonyl (C=O) groups excluding carboxylic acids is 1. The maximum Gasteiger partial charge on any atom is 0.410 e. The number of nitrogens with zero attached hydrogens (tertiary/aromatic N) is 2. The quantitative estimate of drug-likeness (QED) is 0.840. The van der Waals surface area contributed by atoms with Gasteiger partial charge in [0.25, 0.3) is 11.6 Å². The highest BCUT2D eigenvalue weighted by molar-refractivity contribution is 5.75. The van der Waals surface area contributed by atoms with Crippen LogP contribution in [-0.4, -0.2) is 47.3 Å². The molecule has 0 spiro atoms. The second kappa shape index (κ2) is 6.11. The molecule has 0 aliphatic carbocycles. The molecule has 9 heteroatoms. The number of aryl methyl sites for hydroxylation is 1. The number of cyclic esters (lactones) is 1. The van der Waals surface area contributed by atoms with E-state index in [1.807, 2.05) is 6.92 Å². The Kier molecular flexibility index (Phi) is 4.00. The summed E-state index contributed by atoms with van der Waals surface area (Å²) in [6.45, 7) is 3.11.